The van der Waals surface area contributed by atoms with E-state index < -0.39 is 0 Å². The highest BCUT2D eigenvalue weighted by molar-refractivity contribution is 7.99. The highest BCUT2D eigenvalue weighted by Gasteiger charge is 2.21. The van der Waals surface area contributed by atoms with Crippen molar-refractivity contribution >= 4 is 17.5 Å². The highest BCUT2D eigenvalue weighted by Crippen LogP contribution is 2.26. The number of ketones is 1. The van der Waals surface area contributed by atoms with E-state index in [1.165, 1.54) is 31.0 Å². The van der Waals surface area contributed by atoms with Crippen LogP contribution in [0.15, 0.2) is 5.16 Å². The van der Waals surface area contributed by atoms with E-state index in [1.54, 1.807) is 11.7 Å². The van der Waals surface area contributed by atoms with Crippen molar-refractivity contribution in [3.05, 3.63) is 0 Å². The minimum absolute atomic E-state index is 0.280. The summed E-state index contributed by atoms with van der Waals surface area (Å²) in [5, 5.41) is 11.8. The van der Waals surface area contributed by atoms with E-state index >= 15 is 0 Å². The maximum atomic E-state index is 11.9. The molecular weight excluding hydrogens is 224 g/mol. The number of aromatic nitrogens is 4. The van der Waals surface area contributed by atoms with Crippen LogP contribution in [-0.2, 0) is 11.8 Å². The molecule has 1 fully saturated rings. The van der Waals surface area contributed by atoms with Gasteiger partial charge in [0.05, 0.1) is 5.75 Å². The van der Waals surface area contributed by atoms with Crippen molar-refractivity contribution in [1.29, 1.82) is 0 Å². The van der Waals surface area contributed by atoms with Gasteiger partial charge in [0, 0.05) is 13.0 Å². The Morgan fingerprint density at radius 1 is 1.44 bits per heavy atom. The predicted octanol–water partition coefficient (Wildman–Crippen LogP) is 1.45. The minimum Gasteiger partial charge on any atom is -0.298 e. The summed E-state index contributed by atoms with van der Waals surface area (Å²) in [4.78, 5) is 11.9. The fourth-order valence-corrected chi connectivity index (χ4v) is 2.85. The molecule has 0 aliphatic heterocycles. The van der Waals surface area contributed by atoms with Gasteiger partial charge in [0.1, 0.15) is 5.78 Å². The number of tetrazole rings is 1. The topological polar surface area (TPSA) is 60.7 Å². The SMILES string of the molecule is Cn1nnnc1SCC(=O)C1CCCCC1. The second-order valence-electron chi connectivity index (χ2n) is 4.17. The number of nitrogens with zero attached hydrogens (tertiary/aromatic N) is 4. The van der Waals surface area contributed by atoms with E-state index in [9.17, 15) is 4.79 Å². The summed E-state index contributed by atoms with van der Waals surface area (Å²) in [7, 11) is 1.79. The molecule has 1 aromatic rings. The Balaban J connectivity index is 1.81. The summed E-state index contributed by atoms with van der Waals surface area (Å²) in [5.74, 6) is 1.13. The summed E-state index contributed by atoms with van der Waals surface area (Å²) in [5.41, 5.74) is 0. The van der Waals surface area contributed by atoms with Gasteiger partial charge in [-0.25, -0.2) is 4.68 Å². The molecule has 0 bridgehead atoms. The normalized spacial score (nSPS) is 17.6. The third kappa shape index (κ3) is 2.81. The van der Waals surface area contributed by atoms with Crippen molar-refractivity contribution in [2.75, 3.05) is 5.75 Å². The van der Waals surface area contributed by atoms with Crippen LogP contribution >= 0.6 is 11.8 Å². The molecule has 0 atom stereocenters. The standard InChI is InChI=1S/C10H16N4OS/c1-14-10(11-12-13-14)16-7-9(15)8-5-3-2-4-6-8/h8H,2-7H2,1H3. The quantitative estimate of drug-likeness (QED) is 0.745. The zero-order valence-corrected chi connectivity index (χ0v) is 10.2. The van der Waals surface area contributed by atoms with Crippen LogP contribution in [0.1, 0.15) is 32.1 Å². The van der Waals surface area contributed by atoms with Crippen LogP contribution in [0.2, 0.25) is 0 Å². The molecule has 0 unspecified atom stereocenters. The van der Waals surface area contributed by atoms with E-state index in [0.717, 1.165) is 12.8 Å². The molecule has 1 aliphatic carbocycles. The number of aryl methyl sites for hydroxylation is 1. The first-order chi connectivity index (χ1) is 7.77. The number of carbonyl (C=O) groups excluding carboxylic acids is 1. The molecular formula is C10H16N4OS. The number of carbonyl (C=O) groups is 1. The molecule has 1 heterocycles. The average Bonchev–Trinajstić information content (AvgIpc) is 2.73. The lowest BCUT2D eigenvalue weighted by Crippen LogP contribution is -2.19. The van der Waals surface area contributed by atoms with Crippen molar-refractivity contribution in [2.24, 2.45) is 13.0 Å². The number of Topliss-reactive ketones (excluding diaryl/α,β-unsaturated/α-hetero) is 1. The minimum atomic E-state index is 0.280. The molecule has 16 heavy (non-hydrogen) atoms. The smallest absolute Gasteiger partial charge is 0.209 e. The Morgan fingerprint density at radius 3 is 2.81 bits per heavy atom. The van der Waals surface area contributed by atoms with E-state index in [4.69, 9.17) is 0 Å². The van der Waals surface area contributed by atoms with E-state index in [2.05, 4.69) is 15.5 Å². The monoisotopic (exact) mass is 240 g/mol. The van der Waals surface area contributed by atoms with Crippen molar-refractivity contribution in [3.63, 3.8) is 0 Å². The maximum Gasteiger partial charge on any atom is 0.209 e. The molecule has 0 radical (unpaired) electrons. The van der Waals surface area contributed by atoms with E-state index in [1.807, 2.05) is 0 Å². The van der Waals surface area contributed by atoms with Crippen LogP contribution < -0.4 is 0 Å². The molecule has 1 saturated carbocycles. The Labute approximate surface area is 99.0 Å². The summed E-state index contributed by atoms with van der Waals surface area (Å²) in [6, 6.07) is 0. The van der Waals surface area contributed by atoms with Gasteiger partial charge in [-0.05, 0) is 23.3 Å². The second-order valence-corrected chi connectivity index (χ2v) is 5.12. The summed E-state index contributed by atoms with van der Waals surface area (Å²) in [6.45, 7) is 0. The summed E-state index contributed by atoms with van der Waals surface area (Å²) in [6.07, 6.45) is 5.82. The first-order valence-corrected chi connectivity index (χ1v) is 6.64. The molecule has 0 N–H and O–H groups in total. The molecule has 0 amide bonds. The van der Waals surface area contributed by atoms with Crippen molar-refractivity contribution in [1.82, 2.24) is 20.2 Å². The van der Waals surface area contributed by atoms with Gasteiger partial charge in [-0.1, -0.05) is 31.0 Å². The fourth-order valence-electron chi connectivity index (χ4n) is 2.02. The fraction of sp³-hybridized carbons (Fsp3) is 0.800. The summed E-state index contributed by atoms with van der Waals surface area (Å²) >= 11 is 1.43. The van der Waals surface area contributed by atoms with Gasteiger partial charge in [0.25, 0.3) is 0 Å². The molecule has 2 rings (SSSR count). The number of rotatable bonds is 4. The molecule has 88 valence electrons. The molecule has 5 nitrogen and oxygen atoms in total. The third-order valence-electron chi connectivity index (χ3n) is 2.99. The van der Waals surface area contributed by atoms with E-state index in [0.29, 0.717) is 16.7 Å². The van der Waals surface area contributed by atoms with Crippen LogP contribution in [-0.4, -0.2) is 31.7 Å². The van der Waals surface area contributed by atoms with Crippen LogP contribution in [0.5, 0.6) is 0 Å². The zero-order chi connectivity index (χ0) is 11.4. The van der Waals surface area contributed by atoms with Crippen LogP contribution in [0.25, 0.3) is 0 Å². The van der Waals surface area contributed by atoms with Crippen molar-refractivity contribution in [2.45, 2.75) is 37.3 Å². The Hall–Kier alpha value is -0.910. The lowest BCUT2D eigenvalue weighted by atomic mass is 9.87. The van der Waals surface area contributed by atoms with Gasteiger partial charge in [0.15, 0.2) is 0 Å². The molecule has 0 spiro atoms. The van der Waals surface area contributed by atoms with Crippen LogP contribution in [0.4, 0.5) is 0 Å². The lowest BCUT2D eigenvalue weighted by Gasteiger charge is -2.19. The largest absolute Gasteiger partial charge is 0.298 e. The molecule has 1 aliphatic rings. The second kappa shape index (κ2) is 5.43. The molecule has 0 aromatic carbocycles. The third-order valence-corrected chi connectivity index (χ3v) is 4.02. The van der Waals surface area contributed by atoms with Gasteiger partial charge >= 0.3 is 0 Å². The summed E-state index contributed by atoms with van der Waals surface area (Å²) < 4.78 is 1.60. The first-order valence-electron chi connectivity index (χ1n) is 5.65. The van der Waals surface area contributed by atoms with Gasteiger partial charge < -0.3 is 0 Å². The zero-order valence-electron chi connectivity index (χ0n) is 9.43. The Morgan fingerprint density at radius 2 is 2.19 bits per heavy atom. The Kier molecular flexibility index (Phi) is 3.93. The molecule has 6 heteroatoms. The van der Waals surface area contributed by atoms with Gasteiger partial charge in [-0.2, -0.15) is 0 Å². The van der Waals surface area contributed by atoms with Crippen molar-refractivity contribution < 1.29 is 4.79 Å². The number of hydrogen-bond donors (Lipinski definition) is 0. The average molecular weight is 240 g/mol. The Bertz CT molecular complexity index is 359. The van der Waals surface area contributed by atoms with Crippen LogP contribution in [0.3, 0.4) is 0 Å². The van der Waals surface area contributed by atoms with Crippen molar-refractivity contribution in [3.8, 4) is 0 Å². The van der Waals surface area contributed by atoms with Gasteiger partial charge in [0.2, 0.25) is 5.16 Å². The van der Waals surface area contributed by atoms with Crippen LogP contribution in [0, 0.1) is 5.92 Å². The van der Waals surface area contributed by atoms with Gasteiger partial charge in [-0.15, -0.1) is 5.10 Å². The van der Waals surface area contributed by atoms with E-state index in [-0.39, 0.29) is 5.92 Å². The number of hydrogen-bond acceptors (Lipinski definition) is 5. The van der Waals surface area contributed by atoms with Gasteiger partial charge in [-0.3, -0.25) is 4.79 Å². The first kappa shape index (κ1) is 11.6. The number of thioether (sulfide) groups is 1. The highest BCUT2D eigenvalue weighted by atomic mass is 32.2. The lowest BCUT2D eigenvalue weighted by molar-refractivity contribution is -0.121. The maximum absolute atomic E-state index is 11.9. The molecule has 1 aromatic heterocycles. The molecule has 0 saturated heterocycles. The predicted molar refractivity (Wildman–Crippen MR) is 61.1 cm³/mol.